The number of anilines is 1. The smallest absolute Gasteiger partial charge is 0.194 e. The molecular weight excluding hydrogens is 515 g/mol. The van der Waals surface area contributed by atoms with Crippen molar-refractivity contribution < 1.29 is 5.11 Å². The molecule has 170 valence electrons. The molecule has 1 aromatic heterocycles. The molecule has 4 rings (SSSR count). The Hall–Kier alpha value is -2.75. The van der Waals surface area contributed by atoms with Crippen LogP contribution in [-0.2, 0) is 13.1 Å². The van der Waals surface area contributed by atoms with E-state index < -0.39 is 0 Å². The lowest BCUT2D eigenvalue weighted by atomic mass is 10.1. The van der Waals surface area contributed by atoms with Gasteiger partial charge >= 0.3 is 0 Å². The number of phenols is 1. The number of nitrogens with zero attached hydrogens (tertiary/aromatic N) is 5. The van der Waals surface area contributed by atoms with Gasteiger partial charge in [0.05, 0.1) is 18.6 Å². The predicted molar refractivity (Wildman–Crippen MR) is 140 cm³/mol. The summed E-state index contributed by atoms with van der Waals surface area (Å²) in [6, 6.07) is 16.1. The number of guanidine groups is 1. The molecule has 7 nitrogen and oxygen atoms in total. The van der Waals surface area contributed by atoms with Gasteiger partial charge in [-0.05, 0) is 30.2 Å². The van der Waals surface area contributed by atoms with Crippen LogP contribution in [0.25, 0.3) is 0 Å². The third kappa shape index (κ3) is 6.15. The standard InChI is InChI=1S/C24H30N6O.HI/c1-2-26-24(30-15-13-29(14-16-30)22-5-3-4-6-23(22)31)27-17-20-7-9-21(10-8-20)18-28-12-11-25-19-28;/h3-12,19,31H,2,13-18H2,1H3,(H,26,27);1H. The number of rotatable bonds is 6. The van der Waals surface area contributed by atoms with Gasteiger partial charge in [-0.15, -0.1) is 24.0 Å². The van der Waals surface area contributed by atoms with Crippen molar-refractivity contribution in [3.63, 3.8) is 0 Å². The second-order valence-electron chi connectivity index (χ2n) is 7.68. The first-order valence-electron chi connectivity index (χ1n) is 10.8. The molecule has 0 unspecified atom stereocenters. The van der Waals surface area contributed by atoms with Gasteiger partial charge in [0.2, 0.25) is 0 Å². The van der Waals surface area contributed by atoms with E-state index in [2.05, 4.69) is 55.9 Å². The predicted octanol–water partition coefficient (Wildman–Crippen LogP) is 3.54. The van der Waals surface area contributed by atoms with Crippen LogP contribution in [0.4, 0.5) is 5.69 Å². The molecule has 0 saturated carbocycles. The van der Waals surface area contributed by atoms with Crippen molar-refractivity contribution in [3.8, 4) is 5.75 Å². The number of aromatic hydroxyl groups is 1. The Morgan fingerprint density at radius 2 is 1.75 bits per heavy atom. The number of benzene rings is 2. The number of phenolic OH excluding ortho intramolecular Hbond substituents is 1. The van der Waals surface area contributed by atoms with Gasteiger partial charge < -0.3 is 24.8 Å². The fraction of sp³-hybridized carbons (Fsp3) is 0.333. The van der Waals surface area contributed by atoms with Crippen LogP contribution in [0.15, 0.2) is 72.2 Å². The lowest BCUT2D eigenvalue weighted by Gasteiger charge is -2.37. The van der Waals surface area contributed by atoms with E-state index in [1.807, 2.05) is 30.7 Å². The van der Waals surface area contributed by atoms with Crippen molar-refractivity contribution in [2.24, 2.45) is 4.99 Å². The minimum absolute atomic E-state index is 0. The Labute approximate surface area is 206 Å². The molecule has 1 aliphatic rings. The number of nitrogens with one attached hydrogen (secondary N) is 1. The van der Waals surface area contributed by atoms with Crippen molar-refractivity contribution in [1.82, 2.24) is 19.8 Å². The highest BCUT2D eigenvalue weighted by atomic mass is 127. The second-order valence-corrected chi connectivity index (χ2v) is 7.68. The maximum Gasteiger partial charge on any atom is 0.194 e. The Bertz CT molecular complexity index is 982. The zero-order valence-electron chi connectivity index (χ0n) is 18.4. The van der Waals surface area contributed by atoms with Crippen molar-refractivity contribution in [1.29, 1.82) is 0 Å². The third-order valence-corrected chi connectivity index (χ3v) is 5.50. The number of halogens is 1. The van der Waals surface area contributed by atoms with Crippen molar-refractivity contribution in [3.05, 3.63) is 78.4 Å². The van der Waals surface area contributed by atoms with Gasteiger partial charge in [-0.3, -0.25) is 0 Å². The molecule has 0 aliphatic carbocycles. The minimum atomic E-state index is 0. The van der Waals surface area contributed by atoms with Crippen LogP contribution >= 0.6 is 24.0 Å². The highest BCUT2D eigenvalue weighted by Crippen LogP contribution is 2.27. The number of aliphatic imine (C=N–C) groups is 1. The molecule has 0 radical (unpaired) electrons. The van der Waals surface area contributed by atoms with Gasteiger partial charge in [-0.2, -0.15) is 0 Å². The normalized spacial score (nSPS) is 14.2. The molecule has 2 aromatic carbocycles. The van der Waals surface area contributed by atoms with Crippen LogP contribution in [0.2, 0.25) is 0 Å². The van der Waals surface area contributed by atoms with E-state index in [-0.39, 0.29) is 24.0 Å². The quantitative estimate of drug-likeness (QED) is 0.281. The van der Waals surface area contributed by atoms with E-state index in [9.17, 15) is 5.11 Å². The van der Waals surface area contributed by atoms with Gasteiger partial charge in [-0.1, -0.05) is 36.4 Å². The molecule has 1 aliphatic heterocycles. The Morgan fingerprint density at radius 3 is 2.41 bits per heavy atom. The van der Waals surface area contributed by atoms with Gasteiger partial charge in [0.25, 0.3) is 0 Å². The number of piperazine rings is 1. The van der Waals surface area contributed by atoms with Gasteiger partial charge in [-0.25, -0.2) is 9.98 Å². The van der Waals surface area contributed by atoms with Crippen molar-refractivity contribution in [2.45, 2.75) is 20.0 Å². The summed E-state index contributed by atoms with van der Waals surface area (Å²) >= 11 is 0. The van der Waals surface area contributed by atoms with Crippen LogP contribution < -0.4 is 10.2 Å². The summed E-state index contributed by atoms with van der Waals surface area (Å²) in [5, 5.41) is 13.6. The van der Waals surface area contributed by atoms with Crippen molar-refractivity contribution >= 4 is 35.6 Å². The molecular formula is C24H31IN6O. The Kier molecular flexibility index (Phi) is 8.78. The number of para-hydroxylation sites is 2. The summed E-state index contributed by atoms with van der Waals surface area (Å²) in [7, 11) is 0. The van der Waals surface area contributed by atoms with Gasteiger partial charge in [0.1, 0.15) is 5.75 Å². The van der Waals surface area contributed by atoms with Crippen LogP contribution in [0.1, 0.15) is 18.1 Å². The first-order chi connectivity index (χ1) is 15.2. The fourth-order valence-electron chi connectivity index (χ4n) is 3.82. The molecule has 2 N–H and O–H groups in total. The van der Waals surface area contributed by atoms with Crippen LogP contribution in [0.5, 0.6) is 5.75 Å². The second kappa shape index (κ2) is 11.8. The highest BCUT2D eigenvalue weighted by molar-refractivity contribution is 14.0. The largest absolute Gasteiger partial charge is 0.506 e. The number of imidazole rings is 1. The van der Waals surface area contributed by atoms with Crippen LogP contribution in [0, 0.1) is 0 Å². The number of hydrogen-bond donors (Lipinski definition) is 2. The summed E-state index contributed by atoms with van der Waals surface area (Å²) in [5.74, 6) is 1.29. The molecule has 1 saturated heterocycles. The zero-order valence-corrected chi connectivity index (χ0v) is 20.7. The molecule has 0 bridgehead atoms. The first kappa shape index (κ1) is 23.9. The molecule has 0 atom stereocenters. The molecule has 32 heavy (non-hydrogen) atoms. The van der Waals surface area contributed by atoms with E-state index in [1.165, 1.54) is 11.1 Å². The zero-order chi connectivity index (χ0) is 21.5. The monoisotopic (exact) mass is 546 g/mol. The van der Waals surface area contributed by atoms with E-state index in [0.29, 0.717) is 12.3 Å². The average molecular weight is 546 g/mol. The lowest BCUT2D eigenvalue weighted by molar-refractivity contribution is 0.369. The van der Waals surface area contributed by atoms with Crippen LogP contribution in [-0.4, -0.2) is 58.2 Å². The summed E-state index contributed by atoms with van der Waals surface area (Å²) < 4.78 is 2.06. The summed E-state index contributed by atoms with van der Waals surface area (Å²) in [6.45, 7) is 7.84. The molecule has 2 heterocycles. The molecule has 3 aromatic rings. The molecule has 1 fully saturated rings. The maximum atomic E-state index is 10.1. The minimum Gasteiger partial charge on any atom is -0.506 e. The van der Waals surface area contributed by atoms with E-state index in [4.69, 9.17) is 4.99 Å². The molecule has 0 spiro atoms. The number of aromatic nitrogens is 2. The Morgan fingerprint density at radius 1 is 1.03 bits per heavy atom. The summed E-state index contributed by atoms with van der Waals surface area (Å²) in [5.41, 5.74) is 3.34. The lowest BCUT2D eigenvalue weighted by Crippen LogP contribution is -2.52. The van der Waals surface area contributed by atoms with Gasteiger partial charge in [0.15, 0.2) is 5.96 Å². The van der Waals surface area contributed by atoms with Crippen molar-refractivity contribution in [2.75, 3.05) is 37.6 Å². The fourth-order valence-corrected chi connectivity index (χ4v) is 3.82. The van der Waals surface area contributed by atoms with E-state index in [1.54, 1.807) is 12.3 Å². The molecule has 0 amide bonds. The van der Waals surface area contributed by atoms with Gasteiger partial charge in [0, 0.05) is 51.7 Å². The Balaban J connectivity index is 0.00000289. The SMILES string of the molecule is CCNC(=NCc1ccc(Cn2ccnc2)cc1)N1CCN(c2ccccc2O)CC1.I. The first-order valence-corrected chi connectivity index (χ1v) is 10.8. The number of hydrogen-bond acceptors (Lipinski definition) is 4. The molecule has 8 heteroatoms. The van der Waals surface area contributed by atoms with E-state index in [0.717, 1.165) is 50.9 Å². The summed E-state index contributed by atoms with van der Waals surface area (Å²) in [4.78, 5) is 13.5. The highest BCUT2D eigenvalue weighted by Gasteiger charge is 2.21. The third-order valence-electron chi connectivity index (χ3n) is 5.50. The maximum absolute atomic E-state index is 10.1. The average Bonchev–Trinajstić information content (AvgIpc) is 3.31. The van der Waals surface area contributed by atoms with E-state index >= 15 is 0 Å². The summed E-state index contributed by atoms with van der Waals surface area (Å²) in [6.07, 6.45) is 5.60. The van der Waals surface area contributed by atoms with Crippen LogP contribution in [0.3, 0.4) is 0 Å². The topological polar surface area (TPSA) is 68.9 Å².